The summed E-state index contributed by atoms with van der Waals surface area (Å²) in [6.45, 7) is 3.11. The van der Waals surface area contributed by atoms with Crippen molar-refractivity contribution in [1.82, 2.24) is 4.90 Å². The van der Waals surface area contributed by atoms with E-state index in [-0.39, 0.29) is 18.8 Å². The number of Topliss-reactive ketones (excluding diaryl/α,β-unsaturated/α-hetero) is 1. The molecule has 3 aromatic carbocycles. The molecule has 3 aromatic rings. The number of carbonyl (C=O) groups excluding carboxylic acids is 4. The van der Waals surface area contributed by atoms with Gasteiger partial charge in [0, 0.05) is 16.1 Å². The first kappa shape index (κ1) is 26.1. The topological polar surface area (TPSA) is 90.0 Å². The van der Waals surface area contributed by atoms with E-state index >= 15 is 0 Å². The lowest BCUT2D eigenvalue weighted by Gasteiger charge is -2.59. The Morgan fingerprint density at radius 1 is 0.757 bits per heavy atom. The van der Waals surface area contributed by atoms with Gasteiger partial charge in [-0.05, 0) is 43.7 Å². The predicted octanol–water partition coefficient (Wildman–Crippen LogP) is 4.70. The first-order valence-corrected chi connectivity index (χ1v) is 12.3. The maximum absolute atomic E-state index is 14.0. The number of rotatable bonds is 8. The molecule has 1 heterocycles. The number of benzene rings is 3. The van der Waals surface area contributed by atoms with Gasteiger partial charge in [-0.2, -0.15) is 0 Å². The Balaban J connectivity index is 1.99. The minimum Gasteiger partial charge on any atom is -0.464 e. The molecule has 2 atom stereocenters. The van der Waals surface area contributed by atoms with Crippen molar-refractivity contribution in [2.75, 3.05) is 13.2 Å². The molecule has 4 rings (SSSR count). The summed E-state index contributed by atoms with van der Waals surface area (Å²) in [6.07, 6.45) is 0. The highest BCUT2D eigenvalue weighted by Crippen LogP contribution is 2.52. The zero-order valence-electron chi connectivity index (χ0n) is 20.4. The van der Waals surface area contributed by atoms with Gasteiger partial charge in [-0.15, -0.1) is 0 Å². The van der Waals surface area contributed by atoms with Crippen LogP contribution in [0.3, 0.4) is 0 Å². The third kappa shape index (κ3) is 4.51. The summed E-state index contributed by atoms with van der Waals surface area (Å²) >= 11 is 6.11. The molecule has 0 aliphatic carbocycles. The standard InChI is InChI=1S/C29H26ClNO6/c1-3-36-27(34)29(28(35)37-4-2)23(19-15-17-22(30)18-16-19)24(25(32)20-11-7-5-8-12-20)31(29)26(33)21-13-9-6-10-14-21/h5-18,23-24H,3-4H2,1-2H3/t23-,24+/m1/s1. The molecule has 1 aliphatic heterocycles. The predicted molar refractivity (Wildman–Crippen MR) is 137 cm³/mol. The van der Waals surface area contributed by atoms with E-state index in [1.165, 1.54) is 0 Å². The quantitative estimate of drug-likeness (QED) is 0.243. The number of halogens is 1. The second-order valence-electron chi connectivity index (χ2n) is 8.45. The zero-order chi connectivity index (χ0) is 26.6. The van der Waals surface area contributed by atoms with E-state index in [4.69, 9.17) is 21.1 Å². The minimum absolute atomic E-state index is 0.0437. The number of ether oxygens (including phenoxy) is 2. The van der Waals surface area contributed by atoms with Crippen LogP contribution < -0.4 is 0 Å². The molecule has 1 aliphatic rings. The van der Waals surface area contributed by atoms with Gasteiger partial charge in [0.05, 0.1) is 19.1 Å². The smallest absolute Gasteiger partial charge is 0.344 e. The largest absolute Gasteiger partial charge is 0.464 e. The lowest BCUT2D eigenvalue weighted by atomic mass is 9.62. The van der Waals surface area contributed by atoms with E-state index in [1.54, 1.807) is 98.8 Å². The summed E-state index contributed by atoms with van der Waals surface area (Å²) in [7, 11) is 0. The van der Waals surface area contributed by atoms with Gasteiger partial charge >= 0.3 is 11.9 Å². The lowest BCUT2D eigenvalue weighted by Crippen LogP contribution is -2.82. The maximum Gasteiger partial charge on any atom is 0.344 e. The Kier molecular flexibility index (Phi) is 7.74. The Labute approximate surface area is 219 Å². The van der Waals surface area contributed by atoms with Gasteiger partial charge in [-0.3, -0.25) is 9.59 Å². The van der Waals surface area contributed by atoms with Crippen molar-refractivity contribution in [3.05, 3.63) is 107 Å². The molecule has 0 unspecified atom stereocenters. The Morgan fingerprint density at radius 2 is 1.24 bits per heavy atom. The van der Waals surface area contributed by atoms with Crippen molar-refractivity contribution >= 4 is 35.2 Å². The summed E-state index contributed by atoms with van der Waals surface area (Å²) in [5, 5.41) is 0.434. The van der Waals surface area contributed by atoms with Gasteiger partial charge < -0.3 is 14.4 Å². The van der Waals surface area contributed by atoms with Gasteiger partial charge in [-0.25, -0.2) is 9.59 Å². The molecule has 190 valence electrons. The van der Waals surface area contributed by atoms with E-state index in [2.05, 4.69) is 0 Å². The highest BCUT2D eigenvalue weighted by Gasteiger charge is 2.75. The molecular formula is C29H26ClNO6. The third-order valence-corrected chi connectivity index (χ3v) is 6.64. The van der Waals surface area contributed by atoms with Crippen LogP contribution in [0.5, 0.6) is 0 Å². The molecule has 0 saturated carbocycles. The number of esters is 2. The van der Waals surface area contributed by atoms with Crippen molar-refractivity contribution in [3.63, 3.8) is 0 Å². The molecule has 8 heteroatoms. The maximum atomic E-state index is 14.0. The van der Waals surface area contributed by atoms with E-state index in [1.807, 2.05) is 0 Å². The van der Waals surface area contributed by atoms with Gasteiger partial charge in [0.2, 0.25) is 5.54 Å². The van der Waals surface area contributed by atoms with E-state index in [0.29, 0.717) is 16.1 Å². The lowest BCUT2D eigenvalue weighted by molar-refractivity contribution is -0.189. The molecule has 37 heavy (non-hydrogen) atoms. The number of hydrogen-bond donors (Lipinski definition) is 0. The fourth-order valence-electron chi connectivity index (χ4n) is 4.82. The van der Waals surface area contributed by atoms with Crippen LogP contribution in [0, 0.1) is 0 Å². The SMILES string of the molecule is CCOC(=O)C1(C(=O)OCC)[C@H](c2ccc(Cl)cc2)[C@@H](C(=O)c2ccccc2)N1C(=O)c1ccccc1. The van der Waals surface area contributed by atoms with Gasteiger partial charge in [0.25, 0.3) is 5.91 Å². The van der Waals surface area contributed by atoms with Crippen LogP contribution in [0.4, 0.5) is 0 Å². The number of hydrogen-bond acceptors (Lipinski definition) is 6. The third-order valence-electron chi connectivity index (χ3n) is 6.39. The fourth-order valence-corrected chi connectivity index (χ4v) is 4.95. The highest BCUT2D eigenvalue weighted by molar-refractivity contribution is 6.30. The second-order valence-corrected chi connectivity index (χ2v) is 8.89. The number of likely N-dealkylation sites (tertiary alicyclic amines) is 1. The van der Waals surface area contributed by atoms with Crippen molar-refractivity contribution in [1.29, 1.82) is 0 Å². The molecule has 0 radical (unpaired) electrons. The van der Waals surface area contributed by atoms with Gasteiger partial charge in [0.15, 0.2) is 5.78 Å². The van der Waals surface area contributed by atoms with Crippen LogP contribution in [0.2, 0.25) is 5.02 Å². The van der Waals surface area contributed by atoms with E-state index in [9.17, 15) is 19.2 Å². The summed E-state index contributed by atoms with van der Waals surface area (Å²) in [4.78, 5) is 56.4. The van der Waals surface area contributed by atoms with Crippen molar-refractivity contribution < 1.29 is 28.7 Å². The molecule has 0 bridgehead atoms. The average molecular weight is 520 g/mol. The molecular weight excluding hydrogens is 494 g/mol. The van der Waals surface area contributed by atoms with Crippen LogP contribution >= 0.6 is 11.6 Å². The second kappa shape index (κ2) is 11.0. The van der Waals surface area contributed by atoms with E-state index < -0.39 is 41.1 Å². The average Bonchev–Trinajstić information content (AvgIpc) is 2.90. The zero-order valence-corrected chi connectivity index (χ0v) is 21.2. The number of ketones is 1. The van der Waals surface area contributed by atoms with Crippen molar-refractivity contribution in [2.45, 2.75) is 31.3 Å². The van der Waals surface area contributed by atoms with Gasteiger partial charge in [-0.1, -0.05) is 72.3 Å². The van der Waals surface area contributed by atoms with Crippen LogP contribution in [0.15, 0.2) is 84.9 Å². The molecule has 1 fully saturated rings. The molecule has 1 amide bonds. The first-order valence-electron chi connectivity index (χ1n) is 12.0. The summed E-state index contributed by atoms with van der Waals surface area (Å²) in [6, 6.07) is 21.9. The minimum atomic E-state index is -2.22. The van der Waals surface area contributed by atoms with Crippen LogP contribution in [-0.2, 0) is 19.1 Å². The number of nitrogens with zero attached hydrogens (tertiary/aromatic N) is 1. The molecule has 7 nitrogen and oxygen atoms in total. The Morgan fingerprint density at radius 3 is 1.73 bits per heavy atom. The molecule has 0 aromatic heterocycles. The highest BCUT2D eigenvalue weighted by atomic mass is 35.5. The summed E-state index contributed by atoms with van der Waals surface area (Å²) < 4.78 is 10.7. The van der Waals surface area contributed by atoms with Crippen LogP contribution in [0.25, 0.3) is 0 Å². The monoisotopic (exact) mass is 519 g/mol. The van der Waals surface area contributed by atoms with Gasteiger partial charge in [0.1, 0.15) is 6.04 Å². The summed E-state index contributed by atoms with van der Waals surface area (Å²) in [5.41, 5.74) is -1.21. The first-order chi connectivity index (χ1) is 17.9. The Hall–Kier alpha value is -3.97. The van der Waals surface area contributed by atoms with Crippen molar-refractivity contribution in [3.8, 4) is 0 Å². The molecule has 0 N–H and O–H groups in total. The fraction of sp³-hybridized carbons (Fsp3) is 0.241. The number of amides is 1. The van der Waals surface area contributed by atoms with E-state index in [0.717, 1.165) is 4.90 Å². The Bertz CT molecular complexity index is 1270. The summed E-state index contributed by atoms with van der Waals surface area (Å²) in [5.74, 6) is -4.09. The number of carbonyl (C=O) groups is 4. The van der Waals surface area contributed by atoms with Crippen LogP contribution in [-0.4, -0.2) is 53.3 Å². The molecule has 0 spiro atoms. The normalized spacial score (nSPS) is 17.9. The van der Waals surface area contributed by atoms with Crippen molar-refractivity contribution in [2.24, 2.45) is 0 Å². The molecule has 1 saturated heterocycles. The van der Waals surface area contributed by atoms with Crippen LogP contribution in [0.1, 0.15) is 46.0 Å².